The van der Waals surface area contributed by atoms with Crippen LogP contribution < -0.4 is 15.0 Å². The summed E-state index contributed by atoms with van der Waals surface area (Å²) in [6.45, 7) is 1.75. The average Bonchev–Trinajstić information content (AvgIpc) is 3.55. The molecule has 0 radical (unpaired) electrons. The molecule has 41 heavy (non-hydrogen) atoms. The molecule has 3 aromatic rings. The number of carbonyl (C=O) groups is 4. The van der Waals surface area contributed by atoms with Gasteiger partial charge in [-0.2, -0.15) is 4.39 Å². The highest BCUT2D eigenvalue weighted by molar-refractivity contribution is 7.14. The van der Waals surface area contributed by atoms with E-state index in [2.05, 4.69) is 10.3 Å². The standard InChI is InChI=1S/C27H21F3N4O6S/c28-16-4-3-14(17-12-41-27(31-17)33-7-9-39-10-8-33)23(22(16)30)40-11-13-1-2-15-20(21(13)29)26(38)34(25(15)37)18-5-6-19(35)32-24(18)36/h1-4,12,18H,5-11H2,(H,32,35,36). The fraction of sp³-hybridized carbons (Fsp3) is 0.296. The summed E-state index contributed by atoms with van der Waals surface area (Å²) >= 11 is 1.32. The summed E-state index contributed by atoms with van der Waals surface area (Å²) in [6.07, 6.45) is -0.168. The normalized spacial score (nSPS) is 19.0. The van der Waals surface area contributed by atoms with Gasteiger partial charge in [0.05, 0.1) is 30.0 Å². The van der Waals surface area contributed by atoms with E-state index in [-0.39, 0.29) is 29.5 Å². The van der Waals surface area contributed by atoms with E-state index in [1.54, 1.807) is 5.38 Å². The molecule has 3 aliphatic rings. The van der Waals surface area contributed by atoms with Crippen molar-refractivity contribution < 1.29 is 41.8 Å². The number of rotatable bonds is 6. The van der Waals surface area contributed by atoms with E-state index < -0.39 is 65.0 Å². The Bertz CT molecular complexity index is 1610. The third kappa shape index (κ3) is 4.72. The molecule has 0 bridgehead atoms. The highest BCUT2D eigenvalue weighted by Crippen LogP contribution is 2.37. The van der Waals surface area contributed by atoms with Gasteiger partial charge in [-0.3, -0.25) is 29.4 Å². The molecule has 0 saturated carbocycles. The monoisotopic (exact) mass is 586 g/mol. The lowest BCUT2D eigenvalue weighted by Crippen LogP contribution is -2.54. The van der Waals surface area contributed by atoms with Gasteiger partial charge in [0.15, 0.2) is 16.7 Å². The van der Waals surface area contributed by atoms with E-state index in [4.69, 9.17) is 9.47 Å². The number of hydrogen-bond acceptors (Lipinski definition) is 9. The lowest BCUT2D eigenvalue weighted by molar-refractivity contribution is -0.136. The molecule has 10 nitrogen and oxygen atoms in total. The number of carbonyl (C=O) groups excluding carboxylic acids is 4. The molecule has 0 aliphatic carbocycles. The first-order valence-corrected chi connectivity index (χ1v) is 13.5. The van der Waals surface area contributed by atoms with Gasteiger partial charge in [0, 0.05) is 36.0 Å². The Morgan fingerprint density at radius 2 is 1.76 bits per heavy atom. The number of imide groups is 2. The van der Waals surface area contributed by atoms with Crippen LogP contribution in [0.3, 0.4) is 0 Å². The molecule has 1 aromatic heterocycles. The fourth-order valence-electron chi connectivity index (χ4n) is 4.98. The molecule has 2 saturated heterocycles. The number of morpholine rings is 1. The maximum Gasteiger partial charge on any atom is 0.265 e. The van der Waals surface area contributed by atoms with Gasteiger partial charge in [0.25, 0.3) is 11.8 Å². The van der Waals surface area contributed by atoms with Crippen molar-refractivity contribution in [1.82, 2.24) is 15.2 Å². The topological polar surface area (TPSA) is 118 Å². The number of nitrogens with one attached hydrogen (secondary N) is 1. The molecule has 4 heterocycles. The van der Waals surface area contributed by atoms with Gasteiger partial charge >= 0.3 is 0 Å². The van der Waals surface area contributed by atoms with Crippen molar-refractivity contribution in [2.45, 2.75) is 25.5 Å². The minimum atomic E-state index is -1.29. The van der Waals surface area contributed by atoms with Crippen LogP contribution in [0.15, 0.2) is 29.6 Å². The maximum absolute atomic E-state index is 15.6. The summed E-state index contributed by atoms with van der Waals surface area (Å²) in [4.78, 5) is 56.9. The van der Waals surface area contributed by atoms with Crippen LogP contribution in [0.2, 0.25) is 0 Å². The van der Waals surface area contributed by atoms with E-state index in [9.17, 15) is 28.0 Å². The molecular formula is C27H21F3N4O6S. The SMILES string of the molecule is O=C1CCC(N2C(=O)c3ccc(COc4c(-c5csc(N6CCOCC6)n5)ccc(F)c4F)c(F)c3C2=O)C(=O)N1. The number of anilines is 1. The van der Waals surface area contributed by atoms with Crippen LogP contribution in [0.1, 0.15) is 39.1 Å². The summed E-state index contributed by atoms with van der Waals surface area (Å²) in [5.41, 5.74) is -0.527. The minimum absolute atomic E-state index is 0.0835. The Labute approximate surface area is 234 Å². The van der Waals surface area contributed by atoms with Crippen LogP contribution in [0.4, 0.5) is 18.3 Å². The molecule has 1 unspecified atom stereocenters. The zero-order valence-electron chi connectivity index (χ0n) is 21.2. The molecule has 2 aromatic carbocycles. The number of piperidine rings is 1. The van der Waals surface area contributed by atoms with E-state index in [1.165, 1.54) is 29.5 Å². The quantitative estimate of drug-likeness (QED) is 0.438. The number of ether oxygens (including phenoxy) is 2. The van der Waals surface area contributed by atoms with Gasteiger partial charge in [-0.25, -0.2) is 13.8 Å². The van der Waals surface area contributed by atoms with Crippen molar-refractivity contribution in [2.24, 2.45) is 0 Å². The van der Waals surface area contributed by atoms with Crippen LogP contribution in [0.25, 0.3) is 11.3 Å². The number of halogens is 3. The first-order valence-electron chi connectivity index (χ1n) is 12.7. The van der Waals surface area contributed by atoms with Crippen molar-refractivity contribution in [3.63, 3.8) is 0 Å². The predicted molar refractivity (Wildman–Crippen MR) is 138 cm³/mol. The molecule has 1 N–H and O–H groups in total. The minimum Gasteiger partial charge on any atom is -0.485 e. The molecule has 1 atom stereocenters. The molecule has 4 amide bonds. The maximum atomic E-state index is 15.6. The molecule has 2 fully saturated rings. The number of fused-ring (bicyclic) bond motifs is 1. The second kappa shape index (κ2) is 10.6. The van der Waals surface area contributed by atoms with Crippen molar-refractivity contribution >= 4 is 40.1 Å². The Hall–Kier alpha value is -4.30. The Balaban J connectivity index is 1.26. The molecule has 14 heteroatoms. The second-order valence-corrected chi connectivity index (χ2v) is 10.4. The lowest BCUT2D eigenvalue weighted by atomic mass is 10.0. The summed E-state index contributed by atoms with van der Waals surface area (Å²) in [7, 11) is 0. The lowest BCUT2D eigenvalue weighted by Gasteiger charge is -2.27. The average molecular weight is 587 g/mol. The third-order valence-corrected chi connectivity index (χ3v) is 8.00. The first-order chi connectivity index (χ1) is 19.7. The molecule has 212 valence electrons. The zero-order chi connectivity index (χ0) is 28.8. The number of amides is 4. The highest BCUT2D eigenvalue weighted by atomic mass is 32.1. The van der Waals surface area contributed by atoms with Crippen LogP contribution in [0, 0.1) is 17.5 Å². The Kier molecular flexibility index (Phi) is 6.95. The van der Waals surface area contributed by atoms with Gasteiger partial charge in [-0.15, -0.1) is 11.3 Å². The van der Waals surface area contributed by atoms with Crippen LogP contribution in [-0.2, 0) is 20.9 Å². The van der Waals surface area contributed by atoms with Crippen LogP contribution >= 0.6 is 11.3 Å². The van der Waals surface area contributed by atoms with Gasteiger partial charge in [0.1, 0.15) is 18.5 Å². The van der Waals surface area contributed by atoms with Gasteiger partial charge in [0.2, 0.25) is 17.6 Å². The van der Waals surface area contributed by atoms with Gasteiger partial charge in [-0.1, -0.05) is 6.07 Å². The number of benzene rings is 2. The third-order valence-electron chi connectivity index (χ3n) is 7.10. The van der Waals surface area contributed by atoms with Gasteiger partial charge in [-0.05, 0) is 24.6 Å². The van der Waals surface area contributed by atoms with Crippen molar-refractivity contribution in [3.8, 4) is 17.0 Å². The molecule has 6 rings (SSSR count). The highest BCUT2D eigenvalue weighted by Gasteiger charge is 2.46. The zero-order valence-corrected chi connectivity index (χ0v) is 22.1. The predicted octanol–water partition coefficient (Wildman–Crippen LogP) is 3.04. The van der Waals surface area contributed by atoms with Crippen LogP contribution in [0.5, 0.6) is 5.75 Å². The largest absolute Gasteiger partial charge is 0.485 e. The van der Waals surface area contributed by atoms with E-state index >= 15 is 4.39 Å². The smallest absolute Gasteiger partial charge is 0.265 e. The van der Waals surface area contributed by atoms with E-state index in [0.717, 1.165) is 6.07 Å². The van der Waals surface area contributed by atoms with Crippen LogP contribution in [-0.4, -0.2) is 65.9 Å². The first kappa shape index (κ1) is 26.9. The fourth-order valence-corrected chi connectivity index (χ4v) is 5.86. The molecule has 3 aliphatic heterocycles. The number of nitrogens with zero attached hydrogens (tertiary/aromatic N) is 3. The van der Waals surface area contributed by atoms with E-state index in [1.807, 2.05) is 4.90 Å². The summed E-state index contributed by atoms with van der Waals surface area (Å²) in [5, 5.41) is 4.42. The second-order valence-electron chi connectivity index (χ2n) is 9.55. The Morgan fingerprint density at radius 1 is 1.00 bits per heavy atom. The summed E-state index contributed by atoms with van der Waals surface area (Å²) < 4.78 is 55.7. The number of aromatic nitrogens is 1. The molecular weight excluding hydrogens is 565 g/mol. The number of hydrogen-bond donors (Lipinski definition) is 1. The van der Waals surface area contributed by atoms with Crippen molar-refractivity contribution in [2.75, 3.05) is 31.2 Å². The Morgan fingerprint density at radius 3 is 2.51 bits per heavy atom. The van der Waals surface area contributed by atoms with Crippen molar-refractivity contribution in [3.05, 3.63) is 63.8 Å². The molecule has 0 spiro atoms. The van der Waals surface area contributed by atoms with E-state index in [0.29, 0.717) is 42.0 Å². The number of thiazole rings is 1. The van der Waals surface area contributed by atoms with Crippen molar-refractivity contribution in [1.29, 1.82) is 0 Å². The summed E-state index contributed by atoms with van der Waals surface area (Å²) in [6, 6.07) is 3.40. The van der Waals surface area contributed by atoms with Gasteiger partial charge < -0.3 is 14.4 Å². The summed E-state index contributed by atoms with van der Waals surface area (Å²) in [5.74, 6) is -7.31.